The molecular formula is C16H22ClNO5. The molecule has 0 radical (unpaired) electrons. The Hall–Kier alpha value is -1.79. The van der Waals surface area contributed by atoms with E-state index in [1.54, 1.807) is 0 Å². The first-order valence-corrected chi connectivity index (χ1v) is 7.94. The normalized spacial score (nSPS) is 15.0. The van der Waals surface area contributed by atoms with Gasteiger partial charge >= 0.3 is 11.9 Å². The standard InChI is InChI=1S/C14H20ClNO.C2H2O4/c15-13-5-7-14(8-6-13)17-12-11-16-9-3-1-2-4-10-16;3-1(4)2(5)6/h5-8H,1-4,9-12H2;(H,3,4)(H,5,6). The fourth-order valence-electron chi connectivity index (χ4n) is 2.18. The van der Waals surface area contributed by atoms with Crippen LogP contribution >= 0.6 is 11.6 Å². The van der Waals surface area contributed by atoms with Crippen molar-refractivity contribution in [2.45, 2.75) is 25.7 Å². The molecule has 0 aliphatic carbocycles. The summed E-state index contributed by atoms with van der Waals surface area (Å²) >= 11 is 5.82. The van der Waals surface area contributed by atoms with Crippen molar-refractivity contribution in [3.63, 3.8) is 0 Å². The molecule has 0 saturated carbocycles. The third-order valence-electron chi connectivity index (χ3n) is 3.37. The Morgan fingerprint density at radius 3 is 2.00 bits per heavy atom. The van der Waals surface area contributed by atoms with Crippen molar-refractivity contribution in [3.8, 4) is 5.75 Å². The van der Waals surface area contributed by atoms with Crippen LogP contribution in [0, 0.1) is 0 Å². The summed E-state index contributed by atoms with van der Waals surface area (Å²) in [6, 6.07) is 7.57. The van der Waals surface area contributed by atoms with Gasteiger partial charge in [0.05, 0.1) is 0 Å². The zero-order valence-electron chi connectivity index (χ0n) is 12.9. The summed E-state index contributed by atoms with van der Waals surface area (Å²) in [5.41, 5.74) is 0. The lowest BCUT2D eigenvalue weighted by Crippen LogP contribution is -2.29. The van der Waals surface area contributed by atoms with Crippen molar-refractivity contribution < 1.29 is 24.5 Å². The van der Waals surface area contributed by atoms with Crippen molar-refractivity contribution in [3.05, 3.63) is 29.3 Å². The number of hydrogen-bond donors (Lipinski definition) is 2. The van der Waals surface area contributed by atoms with Gasteiger partial charge in [-0.05, 0) is 50.2 Å². The van der Waals surface area contributed by atoms with Gasteiger partial charge in [-0.2, -0.15) is 0 Å². The number of carboxylic acid groups (broad SMARTS) is 2. The van der Waals surface area contributed by atoms with Crippen LogP contribution in [-0.2, 0) is 9.59 Å². The van der Waals surface area contributed by atoms with E-state index in [4.69, 9.17) is 36.1 Å². The van der Waals surface area contributed by atoms with E-state index < -0.39 is 11.9 Å². The number of aliphatic carboxylic acids is 2. The Bertz CT molecular complexity index is 472. The molecule has 0 amide bonds. The molecule has 1 fully saturated rings. The molecular weight excluding hydrogens is 322 g/mol. The van der Waals surface area contributed by atoms with E-state index in [9.17, 15) is 0 Å². The van der Waals surface area contributed by atoms with Gasteiger partial charge in [0.15, 0.2) is 0 Å². The van der Waals surface area contributed by atoms with E-state index in [1.165, 1.54) is 38.8 Å². The van der Waals surface area contributed by atoms with Crippen LogP contribution in [0.15, 0.2) is 24.3 Å². The zero-order chi connectivity index (χ0) is 17.1. The van der Waals surface area contributed by atoms with Gasteiger partial charge in [0.2, 0.25) is 0 Å². The number of carboxylic acids is 2. The lowest BCUT2D eigenvalue weighted by atomic mass is 10.2. The second-order valence-electron chi connectivity index (χ2n) is 5.17. The number of ether oxygens (including phenoxy) is 1. The van der Waals surface area contributed by atoms with E-state index >= 15 is 0 Å². The van der Waals surface area contributed by atoms with Crippen molar-refractivity contribution >= 4 is 23.5 Å². The summed E-state index contributed by atoms with van der Waals surface area (Å²) in [5.74, 6) is -2.74. The van der Waals surface area contributed by atoms with E-state index in [0.29, 0.717) is 0 Å². The molecule has 0 aromatic heterocycles. The Kier molecular flexibility index (Phi) is 9.09. The topological polar surface area (TPSA) is 87.1 Å². The van der Waals surface area contributed by atoms with Gasteiger partial charge in [-0.3, -0.25) is 4.90 Å². The summed E-state index contributed by atoms with van der Waals surface area (Å²) in [5, 5.41) is 15.5. The predicted octanol–water partition coefficient (Wildman–Crippen LogP) is 2.75. The summed E-state index contributed by atoms with van der Waals surface area (Å²) in [4.78, 5) is 20.7. The van der Waals surface area contributed by atoms with Gasteiger partial charge in [0, 0.05) is 11.6 Å². The van der Waals surface area contributed by atoms with Crippen LogP contribution < -0.4 is 4.74 Å². The zero-order valence-corrected chi connectivity index (χ0v) is 13.7. The molecule has 2 rings (SSSR count). The molecule has 7 heteroatoms. The van der Waals surface area contributed by atoms with Crippen LogP contribution in [0.25, 0.3) is 0 Å². The minimum atomic E-state index is -1.82. The second-order valence-corrected chi connectivity index (χ2v) is 5.60. The molecule has 2 N–H and O–H groups in total. The van der Waals surface area contributed by atoms with Crippen molar-refractivity contribution in [1.82, 2.24) is 4.90 Å². The van der Waals surface area contributed by atoms with Gasteiger partial charge < -0.3 is 14.9 Å². The lowest BCUT2D eigenvalue weighted by molar-refractivity contribution is -0.159. The number of carbonyl (C=O) groups is 2. The smallest absolute Gasteiger partial charge is 0.414 e. The molecule has 1 aromatic rings. The molecule has 6 nitrogen and oxygen atoms in total. The second kappa shape index (κ2) is 10.9. The highest BCUT2D eigenvalue weighted by Gasteiger charge is 2.08. The highest BCUT2D eigenvalue weighted by atomic mass is 35.5. The Morgan fingerprint density at radius 1 is 1.00 bits per heavy atom. The summed E-state index contributed by atoms with van der Waals surface area (Å²) in [7, 11) is 0. The maximum atomic E-state index is 9.10. The number of benzene rings is 1. The fraction of sp³-hybridized carbons (Fsp3) is 0.500. The summed E-state index contributed by atoms with van der Waals surface area (Å²) in [6.07, 6.45) is 5.44. The van der Waals surface area contributed by atoms with Crippen molar-refractivity contribution in [2.75, 3.05) is 26.2 Å². The predicted molar refractivity (Wildman–Crippen MR) is 87.1 cm³/mol. The quantitative estimate of drug-likeness (QED) is 0.817. The summed E-state index contributed by atoms with van der Waals surface area (Å²) < 4.78 is 5.70. The Labute approximate surface area is 140 Å². The molecule has 0 spiro atoms. The highest BCUT2D eigenvalue weighted by Crippen LogP contribution is 2.15. The van der Waals surface area contributed by atoms with Crippen LogP contribution in [0.4, 0.5) is 0 Å². The number of halogens is 1. The van der Waals surface area contributed by atoms with Crippen LogP contribution in [0.5, 0.6) is 5.75 Å². The van der Waals surface area contributed by atoms with E-state index in [2.05, 4.69) is 4.90 Å². The van der Waals surface area contributed by atoms with Crippen molar-refractivity contribution in [2.24, 2.45) is 0 Å². The van der Waals surface area contributed by atoms with Gasteiger partial charge in [-0.25, -0.2) is 9.59 Å². The molecule has 0 atom stereocenters. The fourth-order valence-corrected chi connectivity index (χ4v) is 2.31. The lowest BCUT2D eigenvalue weighted by Gasteiger charge is -2.19. The maximum Gasteiger partial charge on any atom is 0.414 e. The third kappa shape index (κ3) is 9.05. The molecule has 1 aliphatic rings. The molecule has 1 saturated heterocycles. The first-order valence-electron chi connectivity index (χ1n) is 7.56. The number of rotatable bonds is 4. The first kappa shape index (κ1) is 19.3. The number of hydrogen-bond acceptors (Lipinski definition) is 4. The molecule has 0 bridgehead atoms. The Balaban J connectivity index is 0.000000379. The molecule has 1 aliphatic heterocycles. The summed E-state index contributed by atoms with van der Waals surface area (Å²) in [6.45, 7) is 4.25. The largest absolute Gasteiger partial charge is 0.492 e. The maximum absolute atomic E-state index is 9.10. The number of likely N-dealkylation sites (tertiary alicyclic amines) is 1. The van der Waals surface area contributed by atoms with Gasteiger partial charge in [-0.1, -0.05) is 24.4 Å². The van der Waals surface area contributed by atoms with Gasteiger partial charge in [-0.15, -0.1) is 0 Å². The van der Waals surface area contributed by atoms with Crippen molar-refractivity contribution in [1.29, 1.82) is 0 Å². The highest BCUT2D eigenvalue weighted by molar-refractivity contribution is 6.30. The molecule has 0 unspecified atom stereocenters. The van der Waals surface area contributed by atoms with E-state index in [-0.39, 0.29) is 0 Å². The molecule has 1 aromatic carbocycles. The third-order valence-corrected chi connectivity index (χ3v) is 3.62. The van der Waals surface area contributed by atoms with Crippen LogP contribution in [0.1, 0.15) is 25.7 Å². The van der Waals surface area contributed by atoms with Crippen LogP contribution in [-0.4, -0.2) is 53.3 Å². The molecule has 128 valence electrons. The molecule has 1 heterocycles. The molecule has 23 heavy (non-hydrogen) atoms. The first-order chi connectivity index (χ1) is 11.0. The van der Waals surface area contributed by atoms with Gasteiger partial charge in [0.25, 0.3) is 0 Å². The van der Waals surface area contributed by atoms with E-state index in [0.717, 1.165) is 23.9 Å². The number of nitrogens with zero attached hydrogens (tertiary/aromatic N) is 1. The van der Waals surface area contributed by atoms with Crippen LogP contribution in [0.3, 0.4) is 0 Å². The minimum Gasteiger partial charge on any atom is -0.492 e. The van der Waals surface area contributed by atoms with E-state index in [1.807, 2.05) is 24.3 Å². The average molecular weight is 344 g/mol. The van der Waals surface area contributed by atoms with Crippen LogP contribution in [0.2, 0.25) is 5.02 Å². The average Bonchev–Trinajstić information content (AvgIpc) is 2.78. The monoisotopic (exact) mass is 343 g/mol. The van der Waals surface area contributed by atoms with Gasteiger partial charge in [0.1, 0.15) is 12.4 Å². The Morgan fingerprint density at radius 2 is 1.52 bits per heavy atom. The minimum absolute atomic E-state index is 0.755. The SMILES string of the molecule is Clc1ccc(OCCN2CCCCCC2)cc1.O=C(O)C(=O)O.